The molecule has 6 nitrogen and oxygen atoms in total. The fourth-order valence-electron chi connectivity index (χ4n) is 2.18. The number of aryl methyl sites for hydroxylation is 1. The predicted molar refractivity (Wildman–Crippen MR) is 86.2 cm³/mol. The van der Waals surface area contributed by atoms with Crippen LogP contribution in [0.15, 0.2) is 48.8 Å². The minimum atomic E-state index is -0.554. The maximum absolute atomic E-state index is 12.0. The number of amides is 1. The molecule has 116 valence electrons. The minimum absolute atomic E-state index is 0.339. The highest BCUT2D eigenvalue weighted by Crippen LogP contribution is 2.14. The van der Waals surface area contributed by atoms with Crippen LogP contribution in [0.4, 0.5) is 5.69 Å². The number of para-hydroxylation sites is 1. The summed E-state index contributed by atoms with van der Waals surface area (Å²) in [6, 6.07) is 12.4. The van der Waals surface area contributed by atoms with Crippen molar-refractivity contribution in [3.8, 4) is 0 Å². The first kappa shape index (κ1) is 14.8. The number of anilines is 1. The topological polar surface area (TPSA) is 84.1 Å². The quantitative estimate of drug-likeness (QED) is 0.726. The van der Waals surface area contributed by atoms with Gasteiger partial charge in [0.1, 0.15) is 0 Å². The molecule has 1 aromatic heterocycles. The molecule has 0 radical (unpaired) electrons. The maximum Gasteiger partial charge on any atom is 0.338 e. The van der Waals surface area contributed by atoms with Crippen LogP contribution in [-0.4, -0.2) is 28.5 Å². The first-order chi connectivity index (χ1) is 11.1. The Labute approximate surface area is 132 Å². The first-order valence-electron chi connectivity index (χ1n) is 7.09. The van der Waals surface area contributed by atoms with Crippen molar-refractivity contribution in [1.29, 1.82) is 0 Å². The molecule has 1 amide bonds. The third-order valence-corrected chi connectivity index (χ3v) is 3.41. The van der Waals surface area contributed by atoms with Crippen LogP contribution in [0.5, 0.6) is 0 Å². The Morgan fingerprint density at radius 2 is 2.04 bits per heavy atom. The van der Waals surface area contributed by atoms with Crippen LogP contribution < -0.4 is 5.32 Å². The van der Waals surface area contributed by atoms with Crippen molar-refractivity contribution in [2.75, 3.05) is 11.9 Å². The minimum Gasteiger partial charge on any atom is -0.452 e. The Bertz CT molecular complexity index is 870. The number of nitrogens with one attached hydrogen (secondary N) is 2. The molecule has 3 rings (SSSR count). The number of benzene rings is 2. The van der Waals surface area contributed by atoms with E-state index in [1.54, 1.807) is 30.6 Å². The van der Waals surface area contributed by atoms with Crippen LogP contribution in [-0.2, 0) is 9.53 Å². The molecule has 0 saturated carbocycles. The van der Waals surface area contributed by atoms with E-state index in [9.17, 15) is 9.59 Å². The highest BCUT2D eigenvalue weighted by molar-refractivity contribution is 5.97. The molecule has 0 fully saturated rings. The van der Waals surface area contributed by atoms with Crippen molar-refractivity contribution in [2.24, 2.45) is 0 Å². The van der Waals surface area contributed by atoms with Gasteiger partial charge in [-0.3, -0.25) is 4.79 Å². The lowest BCUT2D eigenvalue weighted by Crippen LogP contribution is -2.21. The number of fused-ring (bicyclic) bond motifs is 1. The smallest absolute Gasteiger partial charge is 0.338 e. The van der Waals surface area contributed by atoms with E-state index in [4.69, 9.17) is 4.74 Å². The van der Waals surface area contributed by atoms with Gasteiger partial charge < -0.3 is 15.0 Å². The number of carbonyl (C=O) groups is 2. The van der Waals surface area contributed by atoms with Gasteiger partial charge in [-0.1, -0.05) is 18.2 Å². The molecule has 0 saturated heterocycles. The van der Waals surface area contributed by atoms with Gasteiger partial charge in [-0.05, 0) is 36.8 Å². The van der Waals surface area contributed by atoms with E-state index >= 15 is 0 Å². The molecule has 23 heavy (non-hydrogen) atoms. The Kier molecular flexibility index (Phi) is 4.05. The van der Waals surface area contributed by atoms with Gasteiger partial charge in [0.15, 0.2) is 6.61 Å². The summed E-state index contributed by atoms with van der Waals surface area (Å²) in [5.74, 6) is -0.934. The molecule has 0 aliphatic heterocycles. The monoisotopic (exact) mass is 309 g/mol. The number of esters is 1. The Balaban J connectivity index is 1.60. The number of hydrogen-bond donors (Lipinski definition) is 2. The third-order valence-electron chi connectivity index (χ3n) is 3.41. The van der Waals surface area contributed by atoms with E-state index in [1.165, 1.54) is 0 Å². The standard InChI is InChI=1S/C17H15N3O3/c1-11-4-2-3-5-13(11)20-16(21)9-23-17(22)12-6-7-14-15(8-12)19-10-18-14/h2-8,10H,9H2,1H3,(H,18,19)(H,20,21). The van der Waals surface area contributed by atoms with Crippen molar-refractivity contribution in [2.45, 2.75) is 6.92 Å². The van der Waals surface area contributed by atoms with Crippen LogP contribution in [0.2, 0.25) is 0 Å². The summed E-state index contributed by atoms with van der Waals surface area (Å²) in [6.45, 7) is 1.55. The van der Waals surface area contributed by atoms with E-state index in [0.717, 1.165) is 16.6 Å². The van der Waals surface area contributed by atoms with Gasteiger partial charge in [0, 0.05) is 5.69 Å². The number of rotatable bonds is 4. The normalized spacial score (nSPS) is 10.5. The van der Waals surface area contributed by atoms with E-state index in [-0.39, 0.29) is 12.5 Å². The van der Waals surface area contributed by atoms with Gasteiger partial charge in [0.25, 0.3) is 5.91 Å². The molecule has 0 aliphatic rings. The molecule has 3 aromatic rings. The van der Waals surface area contributed by atoms with Crippen molar-refractivity contribution in [1.82, 2.24) is 9.97 Å². The third kappa shape index (κ3) is 3.37. The fraction of sp³-hybridized carbons (Fsp3) is 0.118. The first-order valence-corrected chi connectivity index (χ1v) is 7.09. The SMILES string of the molecule is Cc1ccccc1NC(=O)COC(=O)c1ccc2nc[nH]c2c1. The van der Waals surface area contributed by atoms with Crippen molar-refractivity contribution < 1.29 is 14.3 Å². The van der Waals surface area contributed by atoms with Gasteiger partial charge in [-0.15, -0.1) is 0 Å². The summed E-state index contributed by atoms with van der Waals surface area (Å²) in [4.78, 5) is 30.9. The molecular formula is C17H15N3O3. The number of nitrogens with zero attached hydrogens (tertiary/aromatic N) is 1. The van der Waals surface area contributed by atoms with Crippen LogP contribution >= 0.6 is 0 Å². The van der Waals surface area contributed by atoms with Gasteiger partial charge >= 0.3 is 5.97 Å². The highest BCUT2D eigenvalue weighted by atomic mass is 16.5. The summed E-state index contributed by atoms with van der Waals surface area (Å²) in [6.07, 6.45) is 1.55. The summed E-state index contributed by atoms with van der Waals surface area (Å²) in [5, 5.41) is 2.71. The van der Waals surface area contributed by atoms with Gasteiger partial charge in [0.2, 0.25) is 0 Å². The molecule has 0 atom stereocenters. The maximum atomic E-state index is 12.0. The number of ether oxygens (including phenoxy) is 1. The summed E-state index contributed by atoms with van der Waals surface area (Å²) < 4.78 is 5.04. The Morgan fingerprint density at radius 1 is 1.22 bits per heavy atom. The molecule has 1 heterocycles. The van der Waals surface area contributed by atoms with E-state index in [1.807, 2.05) is 25.1 Å². The van der Waals surface area contributed by atoms with Crippen molar-refractivity contribution in [3.63, 3.8) is 0 Å². The zero-order chi connectivity index (χ0) is 16.2. The Hall–Kier alpha value is -3.15. The molecule has 0 spiro atoms. The summed E-state index contributed by atoms with van der Waals surface area (Å²) in [5.41, 5.74) is 3.51. The number of H-pyrrole nitrogens is 1. The molecular weight excluding hydrogens is 294 g/mol. The van der Waals surface area contributed by atoms with Crippen molar-refractivity contribution >= 4 is 28.6 Å². The number of aromatic amines is 1. The van der Waals surface area contributed by atoms with Crippen molar-refractivity contribution in [3.05, 3.63) is 59.9 Å². The van der Waals surface area contributed by atoms with Gasteiger partial charge in [-0.25, -0.2) is 9.78 Å². The second-order valence-electron chi connectivity index (χ2n) is 5.07. The zero-order valence-electron chi connectivity index (χ0n) is 12.5. The van der Waals surface area contributed by atoms with E-state index < -0.39 is 5.97 Å². The largest absolute Gasteiger partial charge is 0.452 e. The lowest BCUT2D eigenvalue weighted by atomic mass is 10.2. The number of hydrogen-bond acceptors (Lipinski definition) is 4. The lowest BCUT2D eigenvalue weighted by Gasteiger charge is -2.08. The second-order valence-corrected chi connectivity index (χ2v) is 5.07. The van der Waals surface area contributed by atoms with Crippen LogP contribution in [0, 0.1) is 6.92 Å². The van der Waals surface area contributed by atoms with Crippen LogP contribution in [0.3, 0.4) is 0 Å². The number of carbonyl (C=O) groups excluding carboxylic acids is 2. The summed E-state index contributed by atoms with van der Waals surface area (Å²) in [7, 11) is 0. The lowest BCUT2D eigenvalue weighted by molar-refractivity contribution is -0.119. The van der Waals surface area contributed by atoms with Crippen LogP contribution in [0.25, 0.3) is 11.0 Å². The average Bonchev–Trinajstić information content (AvgIpc) is 3.02. The summed E-state index contributed by atoms with van der Waals surface area (Å²) >= 11 is 0. The zero-order valence-corrected chi connectivity index (χ0v) is 12.5. The predicted octanol–water partition coefficient (Wildman–Crippen LogP) is 2.67. The van der Waals surface area contributed by atoms with E-state index in [2.05, 4.69) is 15.3 Å². The highest BCUT2D eigenvalue weighted by Gasteiger charge is 2.12. The fourth-order valence-corrected chi connectivity index (χ4v) is 2.18. The molecule has 2 N–H and O–H groups in total. The average molecular weight is 309 g/mol. The van der Waals surface area contributed by atoms with Crippen LogP contribution in [0.1, 0.15) is 15.9 Å². The van der Waals surface area contributed by atoms with Gasteiger partial charge in [0.05, 0.1) is 22.9 Å². The Morgan fingerprint density at radius 3 is 2.87 bits per heavy atom. The number of aromatic nitrogens is 2. The second kappa shape index (κ2) is 6.31. The van der Waals surface area contributed by atoms with E-state index in [0.29, 0.717) is 11.3 Å². The molecule has 0 aliphatic carbocycles. The molecule has 0 unspecified atom stereocenters. The molecule has 6 heteroatoms. The van der Waals surface area contributed by atoms with Gasteiger partial charge in [-0.2, -0.15) is 0 Å². The molecule has 2 aromatic carbocycles. The number of imidazole rings is 1. The molecule has 0 bridgehead atoms.